The molecule has 8 nitrogen and oxygen atoms in total. The molecule has 0 atom stereocenters. The number of primary amides is 1. The first-order valence-corrected chi connectivity index (χ1v) is 10.3. The molecule has 0 spiro atoms. The van der Waals surface area contributed by atoms with Crippen molar-refractivity contribution < 1.29 is 19.5 Å². The summed E-state index contributed by atoms with van der Waals surface area (Å²) in [6, 6.07) is 12.9. The van der Waals surface area contributed by atoms with Crippen LogP contribution in [-0.4, -0.2) is 46.7 Å². The van der Waals surface area contributed by atoms with Crippen molar-refractivity contribution in [3.8, 4) is 11.1 Å². The van der Waals surface area contributed by atoms with E-state index in [9.17, 15) is 14.4 Å². The van der Waals surface area contributed by atoms with Crippen LogP contribution in [0.3, 0.4) is 0 Å². The third-order valence-corrected chi connectivity index (χ3v) is 5.04. The minimum atomic E-state index is -0.877. The Morgan fingerprint density at radius 1 is 1.09 bits per heavy atom. The summed E-state index contributed by atoms with van der Waals surface area (Å²) in [5.74, 6) is -1.43. The Labute approximate surface area is 198 Å². The maximum atomic E-state index is 13.0. The molecule has 0 saturated carbocycles. The number of nitrogens with two attached hydrogens (primary N) is 2. The molecule has 5 N–H and O–H groups in total. The summed E-state index contributed by atoms with van der Waals surface area (Å²) in [4.78, 5) is 41.2. The van der Waals surface area contributed by atoms with Crippen molar-refractivity contribution in [1.82, 2.24) is 4.90 Å². The van der Waals surface area contributed by atoms with Crippen LogP contribution in [-0.2, 0) is 20.8 Å². The van der Waals surface area contributed by atoms with E-state index in [-0.39, 0.29) is 37.7 Å². The zero-order chi connectivity index (χ0) is 23.3. The Morgan fingerprint density at radius 3 is 2.36 bits per heavy atom. The first kappa shape index (κ1) is 25.6. The highest BCUT2D eigenvalue weighted by Crippen LogP contribution is 2.32. The summed E-state index contributed by atoms with van der Waals surface area (Å²) in [6.45, 7) is 2.19. The molecular weight excluding hydrogens is 444 g/mol. The molecule has 2 aromatic carbocycles. The number of amidine groups is 1. The van der Waals surface area contributed by atoms with Gasteiger partial charge in [0.25, 0.3) is 5.91 Å². The number of aliphatic carboxylic acids is 1. The van der Waals surface area contributed by atoms with E-state index in [1.165, 1.54) is 4.90 Å². The maximum absolute atomic E-state index is 13.0. The van der Waals surface area contributed by atoms with Crippen LogP contribution in [0.5, 0.6) is 0 Å². The van der Waals surface area contributed by atoms with Gasteiger partial charge in [-0.1, -0.05) is 43.3 Å². The summed E-state index contributed by atoms with van der Waals surface area (Å²) in [7, 11) is 0. The highest BCUT2D eigenvalue weighted by atomic mass is 35.5. The number of halogens is 1. The lowest BCUT2D eigenvalue weighted by atomic mass is 9.99. The number of fused-ring (bicyclic) bond motifs is 1. The van der Waals surface area contributed by atoms with Crippen LogP contribution >= 0.6 is 12.4 Å². The van der Waals surface area contributed by atoms with Gasteiger partial charge in [-0.2, -0.15) is 0 Å². The van der Waals surface area contributed by atoms with Gasteiger partial charge in [-0.25, -0.2) is 4.99 Å². The van der Waals surface area contributed by atoms with Crippen LogP contribution in [0.25, 0.3) is 17.2 Å². The van der Waals surface area contributed by atoms with E-state index < -0.39 is 11.9 Å². The second kappa shape index (κ2) is 11.3. The maximum Gasteiger partial charge on any atom is 0.307 e. The largest absolute Gasteiger partial charge is 0.481 e. The summed E-state index contributed by atoms with van der Waals surface area (Å²) in [5, 5.41) is 8.92. The molecule has 33 heavy (non-hydrogen) atoms. The fourth-order valence-electron chi connectivity index (χ4n) is 3.61. The molecule has 1 aliphatic heterocycles. The summed E-state index contributed by atoms with van der Waals surface area (Å²) in [5.41, 5.74) is 15.8. The van der Waals surface area contributed by atoms with Gasteiger partial charge in [-0.05, 0) is 35.3 Å². The topological polar surface area (TPSA) is 139 Å². The first-order chi connectivity index (χ1) is 15.3. The van der Waals surface area contributed by atoms with Gasteiger partial charge in [0, 0.05) is 24.1 Å². The van der Waals surface area contributed by atoms with E-state index in [0.717, 1.165) is 22.3 Å². The van der Waals surface area contributed by atoms with Crippen LogP contribution in [0.2, 0.25) is 0 Å². The van der Waals surface area contributed by atoms with E-state index in [2.05, 4.69) is 4.99 Å². The number of benzene rings is 2. The molecule has 0 aliphatic carbocycles. The van der Waals surface area contributed by atoms with Crippen molar-refractivity contribution in [1.29, 1.82) is 0 Å². The second-order valence-corrected chi connectivity index (χ2v) is 7.68. The number of hydrogen-bond donors (Lipinski definition) is 3. The monoisotopic (exact) mass is 470 g/mol. The molecule has 1 heterocycles. The fraction of sp³-hybridized carbons (Fsp3) is 0.250. The molecule has 2 amide bonds. The number of carbonyl (C=O) groups is 3. The minimum Gasteiger partial charge on any atom is -0.481 e. The Morgan fingerprint density at radius 2 is 1.76 bits per heavy atom. The van der Waals surface area contributed by atoms with Crippen molar-refractivity contribution in [2.24, 2.45) is 16.5 Å². The van der Waals surface area contributed by atoms with Crippen molar-refractivity contribution >= 4 is 47.8 Å². The molecule has 3 rings (SSSR count). The highest BCUT2D eigenvalue weighted by molar-refractivity contribution is 6.06. The van der Waals surface area contributed by atoms with Gasteiger partial charge in [-0.3, -0.25) is 14.4 Å². The lowest BCUT2D eigenvalue weighted by molar-refractivity contribution is -0.136. The van der Waals surface area contributed by atoms with E-state index >= 15 is 0 Å². The molecule has 174 valence electrons. The zero-order valence-corrected chi connectivity index (χ0v) is 19.1. The predicted molar refractivity (Wildman–Crippen MR) is 130 cm³/mol. The first-order valence-electron chi connectivity index (χ1n) is 10.3. The summed E-state index contributed by atoms with van der Waals surface area (Å²) in [6.07, 6.45) is 2.59. The highest BCUT2D eigenvalue weighted by Gasteiger charge is 2.22. The standard InChI is InChI=1S/C24H26N4O4.ClH/c1-2-9-28(14-22(26)29)24(32)19-11-18-8-7-17(12-20(18)27-21(25)13-19)16-5-3-15(4-6-16)10-23(30)31;/h3-8,11-12H,2,9-10,13-14H2,1H3,(H2,25,27)(H2,26,29)(H,30,31);1H. The van der Waals surface area contributed by atoms with Gasteiger partial charge in [-0.15, -0.1) is 12.4 Å². The number of amides is 2. The van der Waals surface area contributed by atoms with Crippen LogP contribution in [0.4, 0.5) is 5.69 Å². The van der Waals surface area contributed by atoms with Crippen LogP contribution in [0, 0.1) is 0 Å². The number of nitrogens with zero attached hydrogens (tertiary/aromatic N) is 2. The third kappa shape index (κ3) is 6.66. The lowest BCUT2D eigenvalue weighted by Gasteiger charge is -2.21. The SMILES string of the molecule is CCCN(CC(N)=O)C(=O)C1=Cc2ccc(-c3ccc(CC(=O)O)cc3)cc2N=C(N)C1.Cl. The van der Waals surface area contributed by atoms with Gasteiger partial charge in [0.2, 0.25) is 5.91 Å². The van der Waals surface area contributed by atoms with Crippen molar-refractivity contribution in [2.75, 3.05) is 13.1 Å². The summed E-state index contributed by atoms with van der Waals surface area (Å²) < 4.78 is 0. The fourth-order valence-corrected chi connectivity index (χ4v) is 3.61. The predicted octanol–water partition coefficient (Wildman–Crippen LogP) is 2.90. The Bertz CT molecular complexity index is 1110. The van der Waals surface area contributed by atoms with Gasteiger partial charge < -0.3 is 21.5 Å². The summed E-state index contributed by atoms with van der Waals surface area (Å²) >= 11 is 0. The van der Waals surface area contributed by atoms with Crippen molar-refractivity contribution in [3.05, 3.63) is 59.2 Å². The van der Waals surface area contributed by atoms with Gasteiger partial charge in [0.05, 0.1) is 18.7 Å². The number of carbonyl (C=O) groups excluding carboxylic acids is 2. The molecule has 0 saturated heterocycles. The molecule has 0 fully saturated rings. The van der Waals surface area contributed by atoms with Crippen LogP contribution in [0.1, 0.15) is 30.9 Å². The van der Waals surface area contributed by atoms with E-state index in [1.807, 2.05) is 37.3 Å². The smallest absolute Gasteiger partial charge is 0.307 e. The molecule has 0 bridgehead atoms. The number of rotatable bonds is 8. The van der Waals surface area contributed by atoms with Gasteiger partial charge in [0.1, 0.15) is 5.84 Å². The molecule has 2 aromatic rings. The normalized spacial score (nSPS) is 12.4. The lowest BCUT2D eigenvalue weighted by Crippen LogP contribution is -2.40. The molecule has 0 radical (unpaired) electrons. The van der Waals surface area contributed by atoms with Crippen molar-refractivity contribution in [2.45, 2.75) is 26.2 Å². The quantitative estimate of drug-likeness (QED) is 0.544. The van der Waals surface area contributed by atoms with Crippen LogP contribution in [0.15, 0.2) is 53.0 Å². The molecule has 1 aliphatic rings. The average Bonchev–Trinajstić information content (AvgIpc) is 2.90. The molecule has 0 aromatic heterocycles. The number of aliphatic imine (C=N–C) groups is 1. The third-order valence-electron chi connectivity index (χ3n) is 5.04. The minimum absolute atomic E-state index is 0. The Hall–Kier alpha value is -3.65. The van der Waals surface area contributed by atoms with Crippen molar-refractivity contribution in [3.63, 3.8) is 0 Å². The zero-order valence-electron chi connectivity index (χ0n) is 18.3. The van der Waals surface area contributed by atoms with Gasteiger partial charge in [0.15, 0.2) is 0 Å². The number of carboxylic acid groups (broad SMARTS) is 1. The molecular formula is C24H27ClN4O4. The average molecular weight is 471 g/mol. The van der Waals surface area contributed by atoms with E-state index in [4.69, 9.17) is 16.6 Å². The van der Waals surface area contributed by atoms with Crippen LogP contribution < -0.4 is 11.5 Å². The van der Waals surface area contributed by atoms with Gasteiger partial charge >= 0.3 is 5.97 Å². The Kier molecular flexibility index (Phi) is 8.76. The van der Waals surface area contributed by atoms with E-state index in [0.29, 0.717) is 30.1 Å². The second-order valence-electron chi connectivity index (χ2n) is 7.68. The molecule has 9 heteroatoms. The number of carboxylic acids is 1. The number of hydrogen-bond acceptors (Lipinski definition) is 5. The molecule has 0 unspecified atom stereocenters. The van der Waals surface area contributed by atoms with E-state index in [1.54, 1.807) is 18.2 Å². The Balaban J connectivity index is 0.00000385.